The number of aromatic hydroxyl groups is 2. The number of aliphatic hydroxyl groups excluding tert-OH is 1. The molecule has 0 amide bonds. The van der Waals surface area contributed by atoms with Crippen molar-refractivity contribution in [2.75, 3.05) is 13.3 Å². The van der Waals surface area contributed by atoms with E-state index in [2.05, 4.69) is 0 Å². The van der Waals surface area contributed by atoms with E-state index in [1.54, 1.807) is 6.92 Å². The molecule has 1 aromatic carbocycles. The molecule has 18 heavy (non-hydrogen) atoms. The van der Waals surface area contributed by atoms with Crippen molar-refractivity contribution in [1.29, 1.82) is 0 Å². The summed E-state index contributed by atoms with van der Waals surface area (Å²) >= 11 is 0. The molecule has 0 aliphatic rings. The van der Waals surface area contributed by atoms with Crippen LogP contribution in [0.2, 0.25) is 0 Å². The van der Waals surface area contributed by atoms with E-state index in [-0.39, 0.29) is 36.1 Å². The largest absolute Gasteiger partial charge is 0.504 e. The van der Waals surface area contributed by atoms with Gasteiger partial charge in [-0.15, -0.1) is 12.4 Å². The van der Waals surface area contributed by atoms with Crippen molar-refractivity contribution in [3.8, 4) is 17.2 Å². The van der Waals surface area contributed by atoms with E-state index < -0.39 is 24.6 Å². The first-order chi connectivity index (χ1) is 7.99. The molecule has 1 aromatic rings. The van der Waals surface area contributed by atoms with Crippen LogP contribution in [0.5, 0.6) is 17.2 Å². The summed E-state index contributed by atoms with van der Waals surface area (Å²) in [5.74, 6) is -1.00. The van der Waals surface area contributed by atoms with E-state index in [4.69, 9.17) is 10.5 Å². The molecule has 0 radical (unpaired) electrons. The number of nitrogens with two attached hydrogens (primary N) is 1. The maximum atomic E-state index is 12.0. The van der Waals surface area contributed by atoms with Crippen LogP contribution in [0, 0.1) is 0 Å². The second kappa shape index (κ2) is 7.25. The maximum Gasteiger partial charge on any atom is 0.203 e. The van der Waals surface area contributed by atoms with Crippen molar-refractivity contribution in [3.05, 3.63) is 17.7 Å². The molecule has 2 unspecified atom stereocenters. The van der Waals surface area contributed by atoms with Crippen LogP contribution in [-0.4, -0.2) is 34.6 Å². The molecule has 0 saturated carbocycles. The van der Waals surface area contributed by atoms with E-state index in [0.29, 0.717) is 0 Å². The van der Waals surface area contributed by atoms with Gasteiger partial charge in [-0.05, 0) is 19.1 Å². The lowest BCUT2D eigenvalue weighted by atomic mass is 10.0. The van der Waals surface area contributed by atoms with E-state index in [0.717, 1.165) is 0 Å². The van der Waals surface area contributed by atoms with E-state index >= 15 is 0 Å². The van der Waals surface area contributed by atoms with Crippen molar-refractivity contribution >= 4 is 12.4 Å². The zero-order chi connectivity index (χ0) is 13.0. The summed E-state index contributed by atoms with van der Waals surface area (Å²) < 4.78 is 16.8. The van der Waals surface area contributed by atoms with Crippen LogP contribution in [0.4, 0.5) is 4.39 Å². The fourth-order valence-corrected chi connectivity index (χ4v) is 1.38. The van der Waals surface area contributed by atoms with Crippen LogP contribution in [-0.2, 0) is 0 Å². The lowest BCUT2D eigenvalue weighted by molar-refractivity contribution is 0.148. The highest BCUT2D eigenvalue weighted by Gasteiger charge is 2.21. The Labute approximate surface area is 110 Å². The fraction of sp³-hybridized carbons (Fsp3) is 0.455. The molecule has 0 heterocycles. The van der Waals surface area contributed by atoms with Crippen LogP contribution in [0.1, 0.15) is 18.6 Å². The molecule has 5 N–H and O–H groups in total. The summed E-state index contributed by atoms with van der Waals surface area (Å²) in [5, 5.41) is 29.0. The van der Waals surface area contributed by atoms with Gasteiger partial charge in [0.1, 0.15) is 13.3 Å². The van der Waals surface area contributed by atoms with Gasteiger partial charge >= 0.3 is 0 Å². The third kappa shape index (κ3) is 3.63. The lowest BCUT2D eigenvalue weighted by Crippen LogP contribution is -2.24. The van der Waals surface area contributed by atoms with E-state index in [9.17, 15) is 19.7 Å². The Morgan fingerprint density at radius 1 is 1.39 bits per heavy atom. The molecule has 5 nitrogen and oxygen atoms in total. The molecule has 7 heteroatoms. The average Bonchev–Trinajstić information content (AvgIpc) is 2.28. The number of hydrogen-bond acceptors (Lipinski definition) is 5. The normalized spacial score (nSPS) is 13.6. The minimum atomic E-state index is -1.09. The first-order valence-corrected chi connectivity index (χ1v) is 5.16. The summed E-state index contributed by atoms with van der Waals surface area (Å²) in [7, 11) is 0. The Morgan fingerprint density at radius 2 is 2.00 bits per heavy atom. The van der Waals surface area contributed by atoms with Gasteiger partial charge < -0.3 is 25.8 Å². The van der Waals surface area contributed by atoms with Crippen molar-refractivity contribution in [2.24, 2.45) is 5.73 Å². The molecule has 2 atom stereocenters. The Bertz CT molecular complexity index is 390. The van der Waals surface area contributed by atoms with Gasteiger partial charge in [0, 0.05) is 11.6 Å². The van der Waals surface area contributed by atoms with Gasteiger partial charge in [-0.2, -0.15) is 0 Å². The second-order valence-corrected chi connectivity index (χ2v) is 3.69. The number of halogens is 2. The highest BCUT2D eigenvalue weighted by Crippen LogP contribution is 2.41. The summed E-state index contributed by atoms with van der Waals surface area (Å²) in [5.41, 5.74) is 5.63. The Hall–Kier alpha value is -1.24. The predicted octanol–water partition coefficient (Wildman–Crippen LogP) is 1.25. The van der Waals surface area contributed by atoms with Gasteiger partial charge in [0.15, 0.2) is 11.5 Å². The number of ether oxygens (including phenoxy) is 1. The predicted molar refractivity (Wildman–Crippen MR) is 67.1 cm³/mol. The lowest BCUT2D eigenvalue weighted by Gasteiger charge is -2.18. The molecule has 0 spiro atoms. The number of rotatable bonds is 5. The molecule has 0 aliphatic carbocycles. The van der Waals surface area contributed by atoms with Gasteiger partial charge in [0.2, 0.25) is 5.75 Å². The molecule has 104 valence electrons. The number of phenolic OH excluding ortho intramolecular Hbond substituents is 2. The maximum absolute atomic E-state index is 12.0. The second-order valence-electron chi connectivity index (χ2n) is 3.69. The number of aliphatic hydroxyl groups is 1. The van der Waals surface area contributed by atoms with Crippen molar-refractivity contribution < 1.29 is 24.4 Å². The van der Waals surface area contributed by atoms with Gasteiger partial charge in [-0.25, -0.2) is 4.39 Å². The average molecular weight is 282 g/mol. The van der Waals surface area contributed by atoms with Crippen LogP contribution >= 0.6 is 12.4 Å². The van der Waals surface area contributed by atoms with Crippen LogP contribution in [0.25, 0.3) is 0 Å². The van der Waals surface area contributed by atoms with Crippen LogP contribution in [0.15, 0.2) is 12.1 Å². The topological polar surface area (TPSA) is 95.9 Å². The van der Waals surface area contributed by atoms with Crippen molar-refractivity contribution in [1.82, 2.24) is 0 Å². The van der Waals surface area contributed by atoms with Crippen molar-refractivity contribution in [2.45, 2.75) is 19.1 Å². The zero-order valence-corrected chi connectivity index (χ0v) is 10.7. The van der Waals surface area contributed by atoms with Gasteiger partial charge in [0.05, 0.1) is 6.10 Å². The SMILES string of the molecule is CC(N)C(O)c1ccc(O)c(OCCF)c1O.Cl. The Morgan fingerprint density at radius 3 is 2.50 bits per heavy atom. The number of benzene rings is 1. The summed E-state index contributed by atoms with van der Waals surface area (Å²) in [6.07, 6.45) is -1.09. The third-order valence-corrected chi connectivity index (χ3v) is 2.28. The number of hydrogen-bond donors (Lipinski definition) is 4. The smallest absolute Gasteiger partial charge is 0.203 e. The fourth-order valence-electron chi connectivity index (χ4n) is 1.38. The van der Waals surface area contributed by atoms with Crippen LogP contribution < -0.4 is 10.5 Å². The van der Waals surface area contributed by atoms with Crippen molar-refractivity contribution in [3.63, 3.8) is 0 Å². The highest BCUT2D eigenvalue weighted by molar-refractivity contribution is 5.85. The first kappa shape index (κ1) is 16.8. The number of alkyl halides is 1. The summed E-state index contributed by atoms with van der Waals surface area (Å²) in [6, 6.07) is 1.98. The molecule has 0 saturated heterocycles. The molecule has 0 bridgehead atoms. The molecule has 0 fully saturated rings. The Kier molecular flexibility index (Phi) is 6.75. The number of phenols is 2. The first-order valence-electron chi connectivity index (χ1n) is 5.16. The van der Waals surface area contributed by atoms with Gasteiger partial charge in [-0.1, -0.05) is 0 Å². The van der Waals surface area contributed by atoms with Crippen LogP contribution in [0.3, 0.4) is 0 Å². The standard InChI is InChI=1S/C11H16FNO4.ClH/c1-6(13)9(15)7-2-3-8(14)11(10(7)16)17-5-4-12;/h2-3,6,9,14-16H,4-5,13H2,1H3;1H. The summed E-state index contributed by atoms with van der Waals surface area (Å²) in [4.78, 5) is 0. The van der Waals surface area contributed by atoms with Gasteiger partial charge in [0.25, 0.3) is 0 Å². The Balaban J connectivity index is 0.00000289. The molecular formula is C11H17ClFNO4. The molecule has 1 rings (SSSR count). The molecule has 0 aliphatic heterocycles. The third-order valence-electron chi connectivity index (χ3n) is 2.28. The summed E-state index contributed by atoms with van der Waals surface area (Å²) in [6.45, 7) is 0.525. The monoisotopic (exact) mass is 281 g/mol. The van der Waals surface area contributed by atoms with E-state index in [1.165, 1.54) is 12.1 Å². The highest BCUT2D eigenvalue weighted by atomic mass is 35.5. The minimum Gasteiger partial charge on any atom is -0.504 e. The van der Waals surface area contributed by atoms with Gasteiger partial charge in [-0.3, -0.25) is 0 Å². The molecular weight excluding hydrogens is 265 g/mol. The minimum absolute atomic E-state index is 0. The zero-order valence-electron chi connectivity index (χ0n) is 9.84. The quantitative estimate of drug-likeness (QED) is 0.651. The van der Waals surface area contributed by atoms with E-state index in [1.807, 2.05) is 0 Å². The molecule has 0 aromatic heterocycles.